The summed E-state index contributed by atoms with van der Waals surface area (Å²) in [6, 6.07) is 0. The Bertz CT molecular complexity index is 578. The second kappa shape index (κ2) is 6.02. The molecule has 3 saturated carbocycles. The Labute approximate surface area is 150 Å². The van der Waals surface area contributed by atoms with Gasteiger partial charge in [0.2, 0.25) is 4.75 Å². The summed E-state index contributed by atoms with van der Waals surface area (Å²) in [5.74, 6) is 0.671. The highest BCUT2D eigenvalue weighted by Crippen LogP contribution is 2.69. The highest BCUT2D eigenvalue weighted by atomic mass is 32.2. The van der Waals surface area contributed by atoms with E-state index in [-0.39, 0.29) is 23.7 Å². The Balaban J connectivity index is 1.60. The summed E-state index contributed by atoms with van der Waals surface area (Å²) in [4.78, 5) is 0. The first-order chi connectivity index (χ1) is 12.1. The lowest BCUT2D eigenvalue weighted by atomic mass is 9.67. The van der Waals surface area contributed by atoms with Crippen LogP contribution in [0.2, 0.25) is 0 Å². The van der Waals surface area contributed by atoms with E-state index in [4.69, 9.17) is 0 Å². The molecule has 0 saturated heterocycles. The highest BCUT2D eigenvalue weighted by Gasteiger charge is 2.74. The molecule has 0 amide bonds. The molecule has 0 N–H and O–H groups in total. The van der Waals surface area contributed by atoms with Crippen LogP contribution in [-0.2, 0) is 9.37 Å². The normalized spacial score (nSPS) is 41.3. The van der Waals surface area contributed by atoms with E-state index in [1.807, 2.05) is 0 Å². The van der Waals surface area contributed by atoms with E-state index in [0.717, 1.165) is 6.42 Å². The molecule has 0 radical (unpaired) electrons. The average molecular weight is 403 g/mol. The maximum absolute atomic E-state index is 13.5. The standard InChI is InChI=1S/C16H18F6O3S/c17-15(18,19)14(16(20,21)22,26-25-24-23)6-10-4-9-5-11(10)13-8-2-1-7(3-8)12(9)13/h1-2,7-13,23H,3-6H2/p-1. The van der Waals surface area contributed by atoms with E-state index in [9.17, 15) is 31.6 Å². The van der Waals surface area contributed by atoms with E-state index in [1.54, 1.807) is 0 Å². The summed E-state index contributed by atoms with van der Waals surface area (Å²) >= 11 is -0.961. The second-order valence-corrected chi connectivity index (χ2v) is 9.00. The molecule has 4 bridgehead atoms. The van der Waals surface area contributed by atoms with E-state index < -0.39 is 41.5 Å². The second-order valence-electron chi connectivity index (χ2n) is 8.00. The van der Waals surface area contributed by atoms with Gasteiger partial charge in [-0.05, 0) is 67.1 Å². The van der Waals surface area contributed by atoms with Crippen molar-refractivity contribution in [1.29, 1.82) is 0 Å². The molecule has 0 heterocycles. The summed E-state index contributed by atoms with van der Waals surface area (Å²) in [5, 5.41) is 12.8. The number of halogens is 6. The van der Waals surface area contributed by atoms with Gasteiger partial charge in [-0.1, -0.05) is 12.2 Å². The van der Waals surface area contributed by atoms with Crippen LogP contribution >= 0.6 is 12.0 Å². The largest absolute Gasteiger partial charge is 0.691 e. The van der Waals surface area contributed by atoms with Gasteiger partial charge in [0.25, 0.3) is 0 Å². The Hall–Kier alpha value is -0.450. The van der Waals surface area contributed by atoms with Gasteiger partial charge in [0, 0.05) is 0 Å². The Morgan fingerprint density at radius 2 is 1.54 bits per heavy atom. The third kappa shape index (κ3) is 2.55. The monoisotopic (exact) mass is 403 g/mol. The van der Waals surface area contributed by atoms with Gasteiger partial charge in [-0.3, -0.25) is 5.04 Å². The van der Waals surface area contributed by atoms with Gasteiger partial charge in [-0.25, -0.2) is 0 Å². The molecule has 7 atom stereocenters. The van der Waals surface area contributed by atoms with Crippen LogP contribution < -0.4 is 5.26 Å². The molecule has 0 aliphatic heterocycles. The first-order valence-corrected chi connectivity index (χ1v) is 9.29. The van der Waals surface area contributed by atoms with Crippen molar-refractivity contribution >= 4 is 12.0 Å². The number of allylic oxidation sites excluding steroid dienone is 2. The minimum atomic E-state index is -5.62. The summed E-state index contributed by atoms with van der Waals surface area (Å²) < 4.78 is 80.5. The lowest BCUT2D eigenvalue weighted by Gasteiger charge is -2.42. The zero-order valence-corrected chi connectivity index (χ0v) is 14.2. The molecule has 26 heavy (non-hydrogen) atoms. The van der Waals surface area contributed by atoms with Crippen molar-refractivity contribution in [2.75, 3.05) is 0 Å². The van der Waals surface area contributed by atoms with Crippen LogP contribution in [-0.4, -0.2) is 17.1 Å². The molecule has 4 aliphatic carbocycles. The average Bonchev–Trinajstić information content (AvgIpc) is 3.26. The van der Waals surface area contributed by atoms with Crippen LogP contribution in [0.3, 0.4) is 0 Å². The minimum Gasteiger partial charge on any atom is -0.691 e. The van der Waals surface area contributed by atoms with Crippen LogP contribution in [0, 0.1) is 41.4 Å². The number of hydrogen-bond donors (Lipinski definition) is 0. The van der Waals surface area contributed by atoms with Gasteiger partial charge in [0.15, 0.2) is 0 Å². The number of fused-ring (bicyclic) bond motifs is 9. The zero-order valence-electron chi connectivity index (χ0n) is 13.4. The van der Waals surface area contributed by atoms with E-state index in [0.29, 0.717) is 24.7 Å². The summed E-state index contributed by atoms with van der Waals surface area (Å²) in [7, 11) is 0. The van der Waals surface area contributed by atoms with Crippen molar-refractivity contribution in [3.05, 3.63) is 12.2 Å². The lowest BCUT2D eigenvalue weighted by molar-refractivity contribution is -0.777. The van der Waals surface area contributed by atoms with Gasteiger partial charge >= 0.3 is 12.4 Å². The predicted octanol–water partition coefficient (Wildman–Crippen LogP) is 4.21. The quantitative estimate of drug-likeness (QED) is 0.172. The molecular formula is C16H17F6O3S-. The van der Waals surface area contributed by atoms with Crippen LogP contribution in [0.1, 0.15) is 25.7 Å². The number of rotatable bonds is 5. The molecule has 0 spiro atoms. The summed E-state index contributed by atoms with van der Waals surface area (Å²) in [5.41, 5.74) is 0. The molecule has 148 valence electrons. The third-order valence-corrected chi connectivity index (χ3v) is 8.11. The lowest BCUT2D eigenvalue weighted by Crippen LogP contribution is -2.56. The van der Waals surface area contributed by atoms with Crippen molar-refractivity contribution < 1.29 is 41.0 Å². The molecule has 10 heteroatoms. The van der Waals surface area contributed by atoms with Crippen molar-refractivity contribution in [2.45, 2.75) is 42.8 Å². The molecule has 4 rings (SSSR count). The fourth-order valence-electron chi connectivity index (χ4n) is 6.35. The van der Waals surface area contributed by atoms with Crippen molar-refractivity contribution in [3.63, 3.8) is 0 Å². The third-order valence-electron chi connectivity index (χ3n) is 7.08. The first kappa shape index (κ1) is 18.9. The van der Waals surface area contributed by atoms with Gasteiger partial charge in [-0.2, -0.15) is 30.7 Å². The van der Waals surface area contributed by atoms with Crippen LogP contribution in [0.25, 0.3) is 0 Å². The fourth-order valence-corrected chi connectivity index (χ4v) is 6.96. The van der Waals surface area contributed by atoms with Gasteiger partial charge in [-0.15, -0.1) is 0 Å². The van der Waals surface area contributed by atoms with Gasteiger partial charge < -0.3 is 5.26 Å². The maximum atomic E-state index is 13.5. The maximum Gasteiger partial charge on any atom is 0.414 e. The molecule has 0 aromatic carbocycles. The van der Waals surface area contributed by atoms with E-state index in [1.165, 1.54) is 0 Å². The fraction of sp³-hybridized carbons (Fsp3) is 0.875. The SMILES string of the molecule is [O-]OOSC(CC1CC2CC1C1C3C=CC(C3)C21)(C(F)(F)F)C(F)(F)F. The zero-order chi connectivity index (χ0) is 18.9. The smallest absolute Gasteiger partial charge is 0.414 e. The Morgan fingerprint density at radius 1 is 0.923 bits per heavy atom. The molecule has 0 aromatic rings. The van der Waals surface area contributed by atoms with Gasteiger partial charge in [0.1, 0.15) is 0 Å². The minimum absolute atomic E-state index is 0.136. The molecule has 7 unspecified atom stereocenters. The summed E-state index contributed by atoms with van der Waals surface area (Å²) in [6.07, 6.45) is -6.10. The molecule has 4 aliphatic rings. The molecule has 3 nitrogen and oxygen atoms in total. The number of hydrogen-bond acceptors (Lipinski definition) is 4. The van der Waals surface area contributed by atoms with Crippen molar-refractivity contribution in [2.24, 2.45) is 41.4 Å². The Kier molecular flexibility index (Phi) is 4.38. The van der Waals surface area contributed by atoms with Crippen molar-refractivity contribution in [3.8, 4) is 0 Å². The van der Waals surface area contributed by atoms with Crippen LogP contribution in [0.15, 0.2) is 12.2 Å². The van der Waals surface area contributed by atoms with E-state index in [2.05, 4.69) is 21.5 Å². The highest BCUT2D eigenvalue weighted by molar-refractivity contribution is 7.96. The molecular weight excluding hydrogens is 386 g/mol. The Morgan fingerprint density at radius 3 is 2.12 bits per heavy atom. The number of alkyl halides is 6. The topological polar surface area (TPSA) is 41.5 Å². The van der Waals surface area contributed by atoms with E-state index >= 15 is 0 Å². The van der Waals surface area contributed by atoms with Gasteiger partial charge in [0.05, 0.1) is 12.0 Å². The summed E-state index contributed by atoms with van der Waals surface area (Å²) in [6.45, 7) is 0. The van der Waals surface area contributed by atoms with Crippen LogP contribution in [0.5, 0.6) is 0 Å². The van der Waals surface area contributed by atoms with Crippen LogP contribution in [0.4, 0.5) is 26.3 Å². The molecule has 3 fully saturated rings. The first-order valence-electron chi connectivity index (χ1n) is 8.55. The predicted molar refractivity (Wildman–Crippen MR) is 76.6 cm³/mol. The van der Waals surface area contributed by atoms with Crippen molar-refractivity contribution in [1.82, 2.24) is 0 Å². The molecule has 0 aromatic heterocycles.